The first kappa shape index (κ1) is 20.6. The van der Waals surface area contributed by atoms with Crippen LogP contribution in [0.15, 0.2) is 0 Å². The summed E-state index contributed by atoms with van der Waals surface area (Å²) in [5, 5.41) is 11.1. The third kappa shape index (κ3) is 12.7. The van der Waals surface area contributed by atoms with Crippen molar-refractivity contribution < 1.29 is 60.8 Å². The predicted octanol–water partition coefficient (Wildman–Crippen LogP) is -6.44. The standard InChI is InChI=1S/C6H14N2O7S2.Na/c1-16(11,12)8-4-5(9)6(10)7-2-3-17(13,14)15;/h5,8-9H,2-4H2,1H3,(H,7,10)(H,13,14,15);/q;+1/p-1. The van der Waals surface area contributed by atoms with Gasteiger partial charge in [0.2, 0.25) is 15.9 Å². The Morgan fingerprint density at radius 1 is 1.33 bits per heavy atom. The molecular weight excluding hydrogens is 299 g/mol. The van der Waals surface area contributed by atoms with Gasteiger partial charge in [-0.25, -0.2) is 21.6 Å². The van der Waals surface area contributed by atoms with Crippen molar-refractivity contribution in [3.05, 3.63) is 0 Å². The fraction of sp³-hybridized carbons (Fsp3) is 0.833. The quantitative estimate of drug-likeness (QED) is 0.312. The van der Waals surface area contributed by atoms with Crippen LogP contribution in [-0.4, -0.2) is 63.6 Å². The SMILES string of the molecule is CS(=O)(=O)NCC(O)C(=O)NCCS(=O)(=O)[O-].[Na+]. The molecule has 0 aliphatic rings. The van der Waals surface area contributed by atoms with Crippen LogP contribution in [0.4, 0.5) is 0 Å². The van der Waals surface area contributed by atoms with Gasteiger partial charge in [-0.05, 0) is 0 Å². The van der Waals surface area contributed by atoms with Crippen LogP contribution >= 0.6 is 0 Å². The number of sulfonamides is 1. The molecule has 1 atom stereocenters. The van der Waals surface area contributed by atoms with Crippen molar-refractivity contribution in [2.45, 2.75) is 6.10 Å². The molecule has 0 radical (unpaired) electrons. The maximum Gasteiger partial charge on any atom is 1.00 e. The van der Waals surface area contributed by atoms with Crippen LogP contribution in [-0.2, 0) is 24.9 Å². The number of carbonyl (C=O) groups is 1. The zero-order valence-electron chi connectivity index (χ0n) is 9.91. The van der Waals surface area contributed by atoms with Gasteiger partial charge in [0.05, 0.1) is 22.1 Å². The average molecular weight is 312 g/mol. The first-order valence-corrected chi connectivity index (χ1v) is 7.82. The molecule has 12 heteroatoms. The number of nitrogens with one attached hydrogen (secondary N) is 2. The van der Waals surface area contributed by atoms with Gasteiger partial charge >= 0.3 is 29.6 Å². The first-order chi connectivity index (χ1) is 7.51. The van der Waals surface area contributed by atoms with Gasteiger partial charge < -0.3 is 15.0 Å². The minimum atomic E-state index is -4.44. The summed E-state index contributed by atoms with van der Waals surface area (Å²) in [6.07, 6.45) is -0.805. The summed E-state index contributed by atoms with van der Waals surface area (Å²) in [5.41, 5.74) is 0. The van der Waals surface area contributed by atoms with Crippen molar-refractivity contribution in [3.63, 3.8) is 0 Å². The van der Waals surface area contributed by atoms with Crippen LogP contribution in [0.2, 0.25) is 0 Å². The molecule has 0 aromatic rings. The molecule has 0 aliphatic heterocycles. The molecule has 0 rings (SSSR count). The van der Waals surface area contributed by atoms with Crippen LogP contribution in [0.1, 0.15) is 0 Å². The fourth-order valence-corrected chi connectivity index (χ4v) is 1.55. The Labute approximate surface area is 127 Å². The van der Waals surface area contributed by atoms with E-state index < -0.39 is 51.0 Å². The maximum absolute atomic E-state index is 11.1. The van der Waals surface area contributed by atoms with E-state index in [0.29, 0.717) is 0 Å². The van der Waals surface area contributed by atoms with E-state index in [4.69, 9.17) is 5.11 Å². The molecular formula is C6H13N2NaO7S2. The summed E-state index contributed by atoms with van der Waals surface area (Å²) in [6, 6.07) is 0. The second kappa shape index (κ2) is 8.43. The van der Waals surface area contributed by atoms with Gasteiger partial charge in [-0.1, -0.05) is 0 Å². The summed E-state index contributed by atoms with van der Waals surface area (Å²) in [7, 11) is -7.97. The van der Waals surface area contributed by atoms with E-state index >= 15 is 0 Å². The van der Waals surface area contributed by atoms with Gasteiger partial charge in [0.15, 0.2) is 0 Å². The maximum atomic E-state index is 11.1. The topological polar surface area (TPSA) is 153 Å². The molecule has 1 amide bonds. The summed E-state index contributed by atoms with van der Waals surface area (Å²) in [4.78, 5) is 11.1. The Kier molecular flexibility index (Phi) is 9.63. The number of hydrogen-bond acceptors (Lipinski definition) is 7. The molecule has 0 fully saturated rings. The largest absolute Gasteiger partial charge is 1.00 e. The fourth-order valence-electron chi connectivity index (χ4n) is 0.740. The van der Waals surface area contributed by atoms with Gasteiger partial charge in [-0.3, -0.25) is 4.79 Å². The summed E-state index contributed by atoms with van der Waals surface area (Å²) in [5.74, 6) is -1.77. The molecule has 18 heavy (non-hydrogen) atoms. The molecule has 0 aromatic carbocycles. The Balaban J connectivity index is 0. The summed E-state index contributed by atoms with van der Waals surface area (Å²) in [6.45, 7) is -0.977. The molecule has 102 valence electrons. The molecule has 0 spiro atoms. The number of aliphatic hydroxyl groups is 1. The van der Waals surface area contributed by atoms with E-state index in [2.05, 4.69) is 0 Å². The van der Waals surface area contributed by atoms with Gasteiger partial charge in [-0.15, -0.1) is 0 Å². The van der Waals surface area contributed by atoms with Crippen molar-refractivity contribution in [2.24, 2.45) is 0 Å². The molecule has 0 aliphatic carbocycles. The van der Waals surface area contributed by atoms with E-state index in [1.165, 1.54) is 0 Å². The van der Waals surface area contributed by atoms with E-state index in [0.717, 1.165) is 6.26 Å². The Hall–Kier alpha value is 0.250. The minimum absolute atomic E-state index is 0. The first-order valence-electron chi connectivity index (χ1n) is 4.35. The third-order valence-corrected chi connectivity index (χ3v) is 2.89. The van der Waals surface area contributed by atoms with Crippen molar-refractivity contribution in [3.8, 4) is 0 Å². The number of aliphatic hydroxyl groups excluding tert-OH is 1. The molecule has 3 N–H and O–H groups in total. The summed E-state index contributed by atoms with van der Waals surface area (Å²) >= 11 is 0. The van der Waals surface area contributed by atoms with E-state index in [-0.39, 0.29) is 29.6 Å². The Morgan fingerprint density at radius 2 is 1.83 bits per heavy atom. The molecule has 0 aromatic heterocycles. The second-order valence-electron chi connectivity index (χ2n) is 3.19. The zero-order chi connectivity index (χ0) is 13.7. The molecule has 1 unspecified atom stereocenters. The van der Waals surface area contributed by atoms with E-state index in [1.807, 2.05) is 10.0 Å². The van der Waals surface area contributed by atoms with Crippen molar-refractivity contribution in [2.75, 3.05) is 25.1 Å². The predicted molar refractivity (Wildman–Crippen MR) is 56.4 cm³/mol. The normalized spacial score (nSPS) is 13.5. The Morgan fingerprint density at radius 3 is 2.22 bits per heavy atom. The second-order valence-corrected chi connectivity index (χ2v) is 6.55. The Bertz CT molecular complexity index is 460. The smallest absolute Gasteiger partial charge is 0.748 e. The van der Waals surface area contributed by atoms with Crippen LogP contribution in [0.3, 0.4) is 0 Å². The van der Waals surface area contributed by atoms with Gasteiger partial charge in [0, 0.05) is 13.1 Å². The average Bonchev–Trinajstić information content (AvgIpc) is 2.10. The van der Waals surface area contributed by atoms with Crippen molar-refractivity contribution in [1.82, 2.24) is 10.0 Å². The van der Waals surface area contributed by atoms with Crippen LogP contribution < -0.4 is 39.6 Å². The molecule has 0 saturated carbocycles. The van der Waals surface area contributed by atoms with Crippen LogP contribution in [0, 0.1) is 0 Å². The monoisotopic (exact) mass is 312 g/mol. The third-order valence-electron chi connectivity index (χ3n) is 1.49. The molecule has 0 heterocycles. The van der Waals surface area contributed by atoms with E-state index in [1.54, 1.807) is 0 Å². The van der Waals surface area contributed by atoms with Gasteiger partial charge in [0.1, 0.15) is 6.10 Å². The van der Waals surface area contributed by atoms with Crippen LogP contribution in [0.5, 0.6) is 0 Å². The minimum Gasteiger partial charge on any atom is -0.748 e. The number of carbonyl (C=O) groups excluding carboxylic acids is 1. The zero-order valence-corrected chi connectivity index (χ0v) is 13.5. The molecule has 0 bridgehead atoms. The summed E-state index contributed by atoms with van der Waals surface area (Å²) < 4.78 is 53.7. The van der Waals surface area contributed by atoms with Gasteiger partial charge in [0.25, 0.3) is 0 Å². The van der Waals surface area contributed by atoms with E-state index in [9.17, 15) is 26.2 Å². The molecule has 9 nitrogen and oxygen atoms in total. The number of hydrogen-bond donors (Lipinski definition) is 3. The van der Waals surface area contributed by atoms with Gasteiger partial charge in [-0.2, -0.15) is 0 Å². The number of amides is 1. The number of rotatable bonds is 7. The molecule has 0 saturated heterocycles. The van der Waals surface area contributed by atoms with Crippen molar-refractivity contribution >= 4 is 26.0 Å². The van der Waals surface area contributed by atoms with Crippen LogP contribution in [0.25, 0.3) is 0 Å². The van der Waals surface area contributed by atoms with Crippen molar-refractivity contribution in [1.29, 1.82) is 0 Å².